The highest BCUT2D eigenvalue weighted by Gasteiger charge is 2.09. The van der Waals surface area contributed by atoms with Crippen LogP contribution in [0.3, 0.4) is 0 Å². The van der Waals surface area contributed by atoms with Crippen LogP contribution in [0.25, 0.3) is 11.4 Å². The van der Waals surface area contributed by atoms with Crippen molar-refractivity contribution in [2.75, 3.05) is 5.32 Å². The van der Waals surface area contributed by atoms with Crippen LogP contribution in [0.15, 0.2) is 47.4 Å². The van der Waals surface area contributed by atoms with Crippen molar-refractivity contribution >= 4 is 11.6 Å². The number of hydrogen-bond donors (Lipinski definition) is 1. The number of benzene rings is 1. The fraction of sp³-hybridized carbons (Fsp3) is 0.0769. The van der Waals surface area contributed by atoms with Crippen LogP contribution in [-0.2, 0) is 7.05 Å². The molecule has 7 heteroatoms. The van der Waals surface area contributed by atoms with Crippen LogP contribution in [0.1, 0.15) is 10.5 Å². The van der Waals surface area contributed by atoms with Crippen LogP contribution in [0.2, 0.25) is 0 Å². The summed E-state index contributed by atoms with van der Waals surface area (Å²) in [6.45, 7) is 0. The van der Waals surface area contributed by atoms with E-state index in [2.05, 4.69) is 25.1 Å². The van der Waals surface area contributed by atoms with E-state index in [1.54, 1.807) is 23.1 Å². The third kappa shape index (κ3) is 2.41. The Labute approximate surface area is 114 Å². The number of rotatable bonds is 3. The molecule has 0 saturated heterocycles. The van der Waals surface area contributed by atoms with Crippen molar-refractivity contribution < 1.29 is 9.32 Å². The standard InChI is InChI=1S/C13H11N5O2/c1-18-8-14-12(16-18)9-2-4-10(5-3-9)15-13(19)11-6-7-20-17-11/h2-8H,1H3,(H,15,19). The third-order valence-electron chi connectivity index (χ3n) is 2.67. The van der Waals surface area contributed by atoms with Crippen LogP contribution in [0.5, 0.6) is 0 Å². The van der Waals surface area contributed by atoms with Crippen molar-refractivity contribution in [1.29, 1.82) is 0 Å². The highest BCUT2D eigenvalue weighted by atomic mass is 16.5. The Hall–Kier alpha value is -2.96. The van der Waals surface area contributed by atoms with Gasteiger partial charge in [-0.25, -0.2) is 4.98 Å². The summed E-state index contributed by atoms with van der Waals surface area (Å²) in [5.74, 6) is 0.323. The quantitative estimate of drug-likeness (QED) is 0.782. The lowest BCUT2D eigenvalue weighted by Crippen LogP contribution is -2.11. The van der Waals surface area contributed by atoms with Crippen molar-refractivity contribution in [2.24, 2.45) is 7.05 Å². The fourth-order valence-electron chi connectivity index (χ4n) is 1.70. The van der Waals surface area contributed by atoms with Gasteiger partial charge in [-0.05, 0) is 24.3 Å². The largest absolute Gasteiger partial charge is 0.364 e. The van der Waals surface area contributed by atoms with Crippen molar-refractivity contribution in [3.63, 3.8) is 0 Å². The SMILES string of the molecule is Cn1cnc(-c2ccc(NC(=O)c3ccon3)cc2)n1. The second-order valence-corrected chi connectivity index (χ2v) is 4.16. The zero-order valence-corrected chi connectivity index (χ0v) is 10.6. The lowest BCUT2D eigenvalue weighted by Gasteiger charge is -2.03. The van der Waals surface area contributed by atoms with E-state index in [0.717, 1.165) is 5.56 Å². The lowest BCUT2D eigenvalue weighted by atomic mass is 10.2. The van der Waals surface area contributed by atoms with E-state index in [0.29, 0.717) is 11.5 Å². The van der Waals surface area contributed by atoms with E-state index >= 15 is 0 Å². The molecule has 1 aromatic carbocycles. The van der Waals surface area contributed by atoms with Gasteiger partial charge in [-0.3, -0.25) is 9.48 Å². The molecule has 2 aromatic heterocycles. The molecule has 0 aliphatic rings. The maximum absolute atomic E-state index is 11.8. The lowest BCUT2D eigenvalue weighted by molar-refractivity contribution is 0.101. The molecule has 0 fully saturated rings. The van der Waals surface area contributed by atoms with Crippen LogP contribution in [-0.4, -0.2) is 25.8 Å². The second-order valence-electron chi connectivity index (χ2n) is 4.16. The van der Waals surface area contributed by atoms with Gasteiger partial charge in [-0.2, -0.15) is 5.10 Å². The molecule has 7 nitrogen and oxygen atoms in total. The van der Waals surface area contributed by atoms with Gasteiger partial charge in [0.05, 0.1) is 0 Å². The summed E-state index contributed by atoms with van der Waals surface area (Å²) in [6, 6.07) is 8.75. The average Bonchev–Trinajstić information content (AvgIpc) is 3.10. The number of nitrogens with zero attached hydrogens (tertiary/aromatic N) is 4. The molecule has 0 saturated carbocycles. The molecule has 20 heavy (non-hydrogen) atoms. The summed E-state index contributed by atoms with van der Waals surface area (Å²) in [6.07, 6.45) is 2.99. The predicted octanol–water partition coefficient (Wildman–Crippen LogP) is 1.72. The number of nitrogens with one attached hydrogen (secondary N) is 1. The molecular formula is C13H11N5O2. The molecule has 2 heterocycles. The number of carbonyl (C=O) groups is 1. The number of anilines is 1. The number of hydrogen-bond acceptors (Lipinski definition) is 5. The zero-order valence-electron chi connectivity index (χ0n) is 10.6. The molecule has 0 aliphatic heterocycles. The number of carbonyl (C=O) groups excluding carboxylic acids is 1. The zero-order chi connectivity index (χ0) is 13.9. The van der Waals surface area contributed by atoms with Gasteiger partial charge in [0.25, 0.3) is 5.91 Å². The topological polar surface area (TPSA) is 85.8 Å². The van der Waals surface area contributed by atoms with E-state index < -0.39 is 0 Å². The Kier molecular flexibility index (Phi) is 3.00. The van der Waals surface area contributed by atoms with Gasteiger partial charge in [0, 0.05) is 24.4 Å². The van der Waals surface area contributed by atoms with Gasteiger partial charge in [-0.15, -0.1) is 0 Å². The van der Waals surface area contributed by atoms with E-state index in [-0.39, 0.29) is 11.6 Å². The normalized spacial score (nSPS) is 10.4. The maximum atomic E-state index is 11.8. The van der Waals surface area contributed by atoms with E-state index in [9.17, 15) is 4.79 Å². The highest BCUT2D eigenvalue weighted by molar-refractivity contribution is 6.02. The number of aryl methyl sites for hydroxylation is 1. The molecule has 0 unspecified atom stereocenters. The van der Waals surface area contributed by atoms with Crippen molar-refractivity contribution in [1.82, 2.24) is 19.9 Å². The van der Waals surface area contributed by atoms with Gasteiger partial charge in [0.2, 0.25) is 0 Å². The van der Waals surface area contributed by atoms with Crippen molar-refractivity contribution in [2.45, 2.75) is 0 Å². The molecule has 0 radical (unpaired) electrons. The average molecular weight is 269 g/mol. The molecule has 0 aliphatic carbocycles. The molecule has 0 spiro atoms. The van der Waals surface area contributed by atoms with E-state index in [4.69, 9.17) is 0 Å². The van der Waals surface area contributed by atoms with Gasteiger partial charge < -0.3 is 9.84 Å². The van der Waals surface area contributed by atoms with Crippen LogP contribution in [0.4, 0.5) is 5.69 Å². The Morgan fingerprint density at radius 3 is 2.65 bits per heavy atom. The van der Waals surface area contributed by atoms with Gasteiger partial charge in [0.15, 0.2) is 11.5 Å². The Balaban J connectivity index is 1.75. The Morgan fingerprint density at radius 2 is 2.05 bits per heavy atom. The molecule has 1 amide bonds. The summed E-state index contributed by atoms with van der Waals surface area (Å²) in [5.41, 5.74) is 1.78. The molecule has 3 rings (SSSR count). The maximum Gasteiger partial charge on any atom is 0.277 e. The molecule has 100 valence electrons. The van der Waals surface area contributed by atoms with Crippen molar-refractivity contribution in [3.05, 3.63) is 48.6 Å². The predicted molar refractivity (Wildman–Crippen MR) is 70.9 cm³/mol. The summed E-state index contributed by atoms with van der Waals surface area (Å²) in [5, 5.41) is 10.5. The fourth-order valence-corrected chi connectivity index (χ4v) is 1.70. The molecule has 3 aromatic rings. The minimum Gasteiger partial charge on any atom is -0.364 e. The van der Waals surface area contributed by atoms with E-state index in [1.165, 1.54) is 12.3 Å². The summed E-state index contributed by atoms with van der Waals surface area (Å²) < 4.78 is 6.26. The molecule has 1 N–H and O–H groups in total. The minimum atomic E-state index is -0.317. The van der Waals surface area contributed by atoms with Crippen molar-refractivity contribution in [3.8, 4) is 11.4 Å². The number of amides is 1. The molecule has 0 bridgehead atoms. The highest BCUT2D eigenvalue weighted by Crippen LogP contribution is 2.17. The molecular weight excluding hydrogens is 258 g/mol. The first-order valence-corrected chi connectivity index (χ1v) is 5.90. The first-order valence-electron chi connectivity index (χ1n) is 5.90. The Morgan fingerprint density at radius 1 is 1.25 bits per heavy atom. The van der Waals surface area contributed by atoms with Crippen LogP contribution >= 0.6 is 0 Å². The van der Waals surface area contributed by atoms with Gasteiger partial charge in [-0.1, -0.05) is 5.16 Å². The smallest absolute Gasteiger partial charge is 0.277 e. The minimum absolute atomic E-state index is 0.237. The van der Waals surface area contributed by atoms with Crippen LogP contribution < -0.4 is 5.32 Å². The first kappa shape index (κ1) is 12.1. The monoisotopic (exact) mass is 269 g/mol. The van der Waals surface area contributed by atoms with Gasteiger partial charge in [0.1, 0.15) is 12.6 Å². The molecule has 0 atom stereocenters. The summed E-state index contributed by atoms with van der Waals surface area (Å²) >= 11 is 0. The van der Waals surface area contributed by atoms with Crippen LogP contribution in [0, 0.1) is 0 Å². The summed E-state index contributed by atoms with van der Waals surface area (Å²) in [4.78, 5) is 15.9. The van der Waals surface area contributed by atoms with E-state index in [1.807, 2.05) is 19.2 Å². The Bertz CT molecular complexity index is 716. The first-order chi connectivity index (χ1) is 9.72. The third-order valence-corrected chi connectivity index (χ3v) is 2.67. The van der Waals surface area contributed by atoms with Gasteiger partial charge >= 0.3 is 0 Å². The summed E-state index contributed by atoms with van der Waals surface area (Å²) in [7, 11) is 1.81. The second kappa shape index (κ2) is 4.96. The number of aromatic nitrogens is 4.